The van der Waals surface area contributed by atoms with Gasteiger partial charge in [0.15, 0.2) is 0 Å². The normalized spacial score (nSPS) is 12.7. The first-order chi connectivity index (χ1) is 23.0. The first-order valence-electron chi connectivity index (χ1n) is 14.0. The van der Waals surface area contributed by atoms with Crippen molar-refractivity contribution >= 4 is 45.4 Å². The third kappa shape index (κ3) is 6.00. The average molecular weight is 747 g/mol. The molecule has 0 radical (unpaired) electrons. The van der Waals surface area contributed by atoms with Crippen LogP contribution in [-0.2, 0) is 11.8 Å². The Kier molecular flexibility index (Phi) is 8.65. The van der Waals surface area contributed by atoms with Crippen LogP contribution < -0.4 is 0 Å². The maximum absolute atomic E-state index is 15.1. The highest BCUT2D eigenvalue weighted by atomic mass is 32.1. The Bertz CT molecular complexity index is 2290. The number of alkyl halides is 8. The zero-order valence-electron chi connectivity index (χ0n) is 24.8. The highest BCUT2D eigenvalue weighted by Gasteiger charge is 2.57. The second kappa shape index (κ2) is 12.3. The lowest BCUT2D eigenvalue weighted by atomic mass is 10.00. The van der Waals surface area contributed by atoms with Gasteiger partial charge in [0.1, 0.15) is 22.7 Å². The van der Waals surface area contributed by atoms with Crippen LogP contribution in [0.1, 0.15) is 29.3 Å². The molecule has 0 bridgehead atoms. The maximum Gasteiger partial charge on any atom is 0.374 e. The lowest BCUT2D eigenvalue weighted by molar-refractivity contribution is -0.204. The van der Waals surface area contributed by atoms with E-state index in [2.05, 4.69) is 8.75 Å². The molecule has 0 fully saturated rings. The van der Waals surface area contributed by atoms with Crippen molar-refractivity contribution in [3.05, 3.63) is 95.6 Å². The summed E-state index contributed by atoms with van der Waals surface area (Å²) in [4.78, 5) is 1.91. The number of aromatic nitrogens is 2. The minimum Gasteiger partial charge on any atom is -0.206 e. The summed E-state index contributed by atoms with van der Waals surface area (Å²) in [7, 11) is 0. The van der Waals surface area contributed by atoms with Crippen LogP contribution in [0, 0.1) is 23.5 Å². The molecule has 0 unspecified atom stereocenters. The number of nitrogens with zero attached hydrogens (tertiary/aromatic N) is 2. The highest BCUT2D eigenvalue weighted by molar-refractivity contribution is 7.19. The quantitative estimate of drug-likeness (QED) is 0.114. The average Bonchev–Trinajstić information content (AvgIpc) is 3.81. The van der Waals surface area contributed by atoms with Gasteiger partial charge in [-0.1, -0.05) is 36.4 Å². The van der Waals surface area contributed by atoms with Crippen LogP contribution in [0.25, 0.3) is 52.8 Å². The SMILES string of the molecule is CC#CC(F)(F)C(F)(F)c1ccc(-c2ccc(-c3ccc(-c4ccc(-c5ccc(C(F)(F)C(C)(F)F)cc5F)s4)c4nsnc34)s2)c(F)c1.[HH].[HH].[HH]. The van der Waals surface area contributed by atoms with Crippen LogP contribution in [0.2, 0.25) is 0 Å². The van der Waals surface area contributed by atoms with Crippen LogP contribution in [-0.4, -0.2) is 20.6 Å². The molecular weight excluding hydrogens is 723 g/mol. The van der Waals surface area contributed by atoms with E-state index in [1.165, 1.54) is 5.92 Å². The lowest BCUT2D eigenvalue weighted by Gasteiger charge is -2.23. The molecular formula is C34H24F10N2S3. The molecule has 2 nitrogen and oxygen atoms in total. The van der Waals surface area contributed by atoms with E-state index in [0.29, 0.717) is 53.8 Å². The van der Waals surface area contributed by atoms with E-state index in [0.717, 1.165) is 65.6 Å². The number of fused-ring (bicyclic) bond motifs is 1. The third-order valence-corrected chi connectivity index (χ3v) is 10.4. The summed E-state index contributed by atoms with van der Waals surface area (Å²) in [6.07, 6.45) is 0. The Balaban J connectivity index is 0.00000243. The highest BCUT2D eigenvalue weighted by Crippen LogP contribution is 2.47. The van der Waals surface area contributed by atoms with Gasteiger partial charge in [0.05, 0.1) is 11.7 Å². The number of hydrogen-bond acceptors (Lipinski definition) is 5. The van der Waals surface area contributed by atoms with E-state index in [-0.39, 0.29) is 22.3 Å². The minimum absolute atomic E-state index is 0. The number of rotatable bonds is 8. The zero-order chi connectivity index (χ0) is 35.5. The van der Waals surface area contributed by atoms with Gasteiger partial charge in [-0.2, -0.15) is 43.9 Å². The molecule has 258 valence electrons. The van der Waals surface area contributed by atoms with Gasteiger partial charge in [-0.25, -0.2) is 8.78 Å². The van der Waals surface area contributed by atoms with E-state index in [9.17, 15) is 39.5 Å². The van der Waals surface area contributed by atoms with E-state index >= 15 is 4.39 Å². The molecule has 0 N–H and O–H groups in total. The second-order valence-corrected chi connectivity index (χ2v) is 13.5. The molecule has 0 amide bonds. The summed E-state index contributed by atoms with van der Waals surface area (Å²) in [6.45, 7) is 1.05. The first kappa shape index (κ1) is 34.6. The molecule has 0 atom stereocenters. The fraction of sp³-hybridized carbons (Fsp3) is 0.176. The largest absolute Gasteiger partial charge is 0.374 e. The molecule has 0 aliphatic heterocycles. The molecule has 3 aromatic carbocycles. The minimum atomic E-state index is -4.73. The van der Waals surface area contributed by atoms with Gasteiger partial charge in [0, 0.05) is 64.1 Å². The molecule has 49 heavy (non-hydrogen) atoms. The number of hydrogen-bond donors (Lipinski definition) is 0. The first-order valence-corrected chi connectivity index (χ1v) is 16.3. The van der Waals surface area contributed by atoms with Crippen LogP contribution in [0.4, 0.5) is 43.9 Å². The Hall–Kier alpha value is -4.26. The fourth-order valence-corrected chi connectivity index (χ4v) is 7.70. The van der Waals surface area contributed by atoms with Crippen molar-refractivity contribution in [1.82, 2.24) is 8.75 Å². The van der Waals surface area contributed by atoms with Gasteiger partial charge in [0.2, 0.25) is 0 Å². The summed E-state index contributed by atoms with van der Waals surface area (Å²) in [5.41, 5.74) is -0.341. The fourth-order valence-electron chi connectivity index (χ4n) is 5.01. The van der Waals surface area contributed by atoms with Crippen LogP contribution in [0.3, 0.4) is 0 Å². The van der Waals surface area contributed by atoms with Gasteiger partial charge in [-0.05, 0) is 49.2 Å². The standard InChI is InChI=1S/C34H18F10N2S3.3H2/c1-3-14-32(39,40)34(43,44)18-5-7-20(24(36)16-18)26-11-13-28(48-26)22-9-8-21(29-30(22)46-49-45-29)27-12-10-25(47-27)19-6-4-17(15-23(19)35)33(41,42)31(2,37)38;;;/h4-13,15-16H,1-2H3;3*1H. The Morgan fingerprint density at radius 1 is 0.571 bits per heavy atom. The summed E-state index contributed by atoms with van der Waals surface area (Å²) >= 11 is 3.14. The topological polar surface area (TPSA) is 25.8 Å². The predicted octanol–water partition coefficient (Wildman–Crippen LogP) is 13.0. The predicted molar refractivity (Wildman–Crippen MR) is 178 cm³/mol. The van der Waals surface area contributed by atoms with Crippen LogP contribution in [0.15, 0.2) is 72.8 Å². The van der Waals surface area contributed by atoms with Crippen molar-refractivity contribution in [1.29, 1.82) is 0 Å². The third-order valence-electron chi connectivity index (χ3n) is 7.58. The molecule has 0 spiro atoms. The van der Waals surface area contributed by atoms with Crippen molar-refractivity contribution < 1.29 is 48.2 Å². The zero-order valence-corrected chi connectivity index (χ0v) is 27.3. The van der Waals surface area contributed by atoms with E-state index < -0.39 is 46.5 Å². The van der Waals surface area contributed by atoms with E-state index in [1.807, 2.05) is 0 Å². The van der Waals surface area contributed by atoms with Gasteiger partial charge < -0.3 is 0 Å². The van der Waals surface area contributed by atoms with E-state index in [1.54, 1.807) is 42.3 Å². The van der Waals surface area contributed by atoms with Gasteiger partial charge in [0.25, 0.3) is 0 Å². The molecule has 6 aromatic rings. The van der Waals surface area contributed by atoms with Crippen molar-refractivity contribution in [2.45, 2.75) is 37.5 Å². The second-order valence-electron chi connectivity index (χ2n) is 10.8. The van der Waals surface area contributed by atoms with E-state index in [4.69, 9.17) is 0 Å². The summed E-state index contributed by atoms with van der Waals surface area (Å²) in [6, 6.07) is 14.2. The van der Waals surface area contributed by atoms with Gasteiger partial charge in [-0.3, -0.25) is 0 Å². The van der Waals surface area contributed by atoms with Crippen molar-refractivity contribution in [3.8, 4) is 53.6 Å². The molecule has 0 aliphatic carbocycles. The molecule has 3 heterocycles. The van der Waals surface area contributed by atoms with Gasteiger partial charge >= 0.3 is 23.7 Å². The van der Waals surface area contributed by atoms with Crippen molar-refractivity contribution in [2.24, 2.45) is 0 Å². The molecule has 6 rings (SSSR count). The van der Waals surface area contributed by atoms with Crippen molar-refractivity contribution in [2.75, 3.05) is 0 Å². The molecule has 0 saturated carbocycles. The molecule has 15 heteroatoms. The Morgan fingerprint density at radius 3 is 1.35 bits per heavy atom. The lowest BCUT2D eigenvalue weighted by Crippen LogP contribution is -2.36. The summed E-state index contributed by atoms with van der Waals surface area (Å²) in [5, 5.41) is 0. The Labute approximate surface area is 288 Å². The Morgan fingerprint density at radius 2 is 0.959 bits per heavy atom. The monoisotopic (exact) mass is 746 g/mol. The number of thiophene rings is 2. The summed E-state index contributed by atoms with van der Waals surface area (Å²) in [5.74, 6) is -17.7. The number of benzene rings is 3. The maximum atomic E-state index is 15.1. The van der Waals surface area contributed by atoms with Crippen molar-refractivity contribution in [3.63, 3.8) is 0 Å². The summed E-state index contributed by atoms with van der Waals surface area (Å²) < 4.78 is 151. The number of halogens is 10. The molecule has 0 saturated heterocycles. The van der Waals surface area contributed by atoms with Crippen LogP contribution >= 0.6 is 34.4 Å². The molecule has 3 aromatic heterocycles. The molecule has 0 aliphatic rings. The smallest absolute Gasteiger partial charge is 0.206 e. The van der Waals surface area contributed by atoms with Crippen LogP contribution in [0.5, 0.6) is 0 Å². The van der Waals surface area contributed by atoms with Gasteiger partial charge in [-0.15, -0.1) is 28.6 Å².